The van der Waals surface area contributed by atoms with Gasteiger partial charge in [0.2, 0.25) is 0 Å². The van der Waals surface area contributed by atoms with Crippen LogP contribution in [0.5, 0.6) is 0 Å². The van der Waals surface area contributed by atoms with Crippen molar-refractivity contribution in [1.29, 1.82) is 0 Å². The number of carbonyl (C=O) groups is 1. The molecule has 19 heavy (non-hydrogen) atoms. The molecule has 2 heteroatoms. The van der Waals surface area contributed by atoms with Crippen LogP contribution in [0, 0.1) is 0 Å². The first-order chi connectivity index (χ1) is 8.88. The molecule has 0 radical (unpaired) electrons. The summed E-state index contributed by atoms with van der Waals surface area (Å²) in [5.41, 5.74) is 5.74. The van der Waals surface area contributed by atoms with E-state index in [1.54, 1.807) is 0 Å². The molecule has 0 aliphatic carbocycles. The SMILES string of the molecule is CC(C)c1cc(C(C)C)c(C[Se]C=O)c(C(C)C)c1. The molecule has 1 aromatic rings. The third-order valence-corrected chi connectivity index (χ3v) is 4.79. The molecule has 0 atom stereocenters. The number of hydrogen-bond acceptors (Lipinski definition) is 1. The summed E-state index contributed by atoms with van der Waals surface area (Å²) in [6, 6.07) is 4.72. The van der Waals surface area contributed by atoms with Gasteiger partial charge in [0.05, 0.1) is 0 Å². The van der Waals surface area contributed by atoms with Gasteiger partial charge in [0, 0.05) is 0 Å². The molecule has 0 aliphatic rings. The van der Waals surface area contributed by atoms with Crippen LogP contribution >= 0.6 is 0 Å². The Bertz CT molecular complexity index is 404. The van der Waals surface area contributed by atoms with Gasteiger partial charge in [0.25, 0.3) is 0 Å². The van der Waals surface area contributed by atoms with Crippen molar-refractivity contribution in [3.05, 3.63) is 34.4 Å². The van der Waals surface area contributed by atoms with Crippen LogP contribution in [0.1, 0.15) is 81.5 Å². The number of hydrogen-bond donors (Lipinski definition) is 0. The molecule has 0 amide bonds. The van der Waals surface area contributed by atoms with Crippen molar-refractivity contribution < 1.29 is 4.79 Å². The summed E-state index contributed by atoms with van der Waals surface area (Å²) in [6.45, 7) is 13.5. The zero-order chi connectivity index (χ0) is 14.6. The Kier molecular flexibility index (Phi) is 6.29. The first kappa shape index (κ1) is 16.5. The van der Waals surface area contributed by atoms with Crippen molar-refractivity contribution in [2.75, 3.05) is 0 Å². The molecule has 1 rings (SSSR count). The minimum absolute atomic E-state index is 0.0760. The standard InChI is InChI=1S/C17H26OSe/c1-11(2)14-7-15(12(3)4)17(9-19-10-18)16(8-14)13(5)6/h7-8,10-13H,9H2,1-6H3. The van der Waals surface area contributed by atoms with E-state index in [1.807, 2.05) is 0 Å². The van der Waals surface area contributed by atoms with E-state index in [9.17, 15) is 4.79 Å². The summed E-state index contributed by atoms with van der Waals surface area (Å²) in [5, 5.41) is 2.04. The van der Waals surface area contributed by atoms with E-state index in [0.29, 0.717) is 17.8 Å². The van der Waals surface area contributed by atoms with Gasteiger partial charge < -0.3 is 0 Å². The van der Waals surface area contributed by atoms with E-state index in [0.717, 1.165) is 10.5 Å². The summed E-state index contributed by atoms with van der Waals surface area (Å²) in [7, 11) is 0. The van der Waals surface area contributed by atoms with Gasteiger partial charge in [0.1, 0.15) is 0 Å². The quantitative estimate of drug-likeness (QED) is 0.558. The van der Waals surface area contributed by atoms with Crippen molar-refractivity contribution in [2.45, 2.75) is 64.6 Å². The predicted octanol–water partition coefficient (Wildman–Crippen LogP) is 4.45. The normalized spacial score (nSPS) is 11.6. The average molecular weight is 325 g/mol. The Labute approximate surface area is 124 Å². The van der Waals surface area contributed by atoms with Crippen LogP contribution in [-0.2, 0) is 10.1 Å². The first-order valence-corrected chi connectivity index (χ1v) is 9.30. The van der Waals surface area contributed by atoms with Crippen LogP contribution in [0.25, 0.3) is 0 Å². The molecule has 0 N–H and O–H groups in total. The average Bonchev–Trinajstić information content (AvgIpc) is 2.34. The fourth-order valence-corrected chi connectivity index (χ4v) is 3.58. The van der Waals surface area contributed by atoms with Crippen LogP contribution < -0.4 is 0 Å². The molecule has 0 aromatic heterocycles. The van der Waals surface area contributed by atoms with Gasteiger partial charge in [-0.05, 0) is 0 Å². The van der Waals surface area contributed by atoms with Gasteiger partial charge in [-0.2, -0.15) is 0 Å². The van der Waals surface area contributed by atoms with Gasteiger partial charge in [-0.15, -0.1) is 0 Å². The maximum absolute atomic E-state index is 10.7. The molecular weight excluding hydrogens is 299 g/mol. The summed E-state index contributed by atoms with van der Waals surface area (Å²) in [5.74, 6) is 1.60. The minimum atomic E-state index is 0.0760. The monoisotopic (exact) mass is 326 g/mol. The molecule has 0 fully saturated rings. The van der Waals surface area contributed by atoms with Gasteiger partial charge in [-0.1, -0.05) is 0 Å². The second-order valence-electron chi connectivity index (χ2n) is 6.05. The van der Waals surface area contributed by atoms with E-state index >= 15 is 0 Å². The Balaban J connectivity index is 3.41. The van der Waals surface area contributed by atoms with Gasteiger partial charge >= 0.3 is 124 Å². The Hall–Kier alpha value is -0.591. The zero-order valence-electron chi connectivity index (χ0n) is 13.0. The topological polar surface area (TPSA) is 17.1 Å². The van der Waals surface area contributed by atoms with Crippen molar-refractivity contribution in [2.24, 2.45) is 0 Å². The fourth-order valence-electron chi connectivity index (χ4n) is 2.39. The molecule has 0 saturated carbocycles. The molecule has 0 saturated heterocycles. The van der Waals surface area contributed by atoms with Crippen LogP contribution in [0.15, 0.2) is 12.1 Å². The number of rotatable bonds is 6. The third kappa shape index (κ3) is 4.19. The van der Waals surface area contributed by atoms with E-state index in [1.165, 1.54) is 22.3 Å². The molecule has 1 aromatic carbocycles. The van der Waals surface area contributed by atoms with E-state index in [4.69, 9.17) is 0 Å². The molecule has 0 unspecified atom stereocenters. The van der Waals surface area contributed by atoms with Gasteiger partial charge in [0.15, 0.2) is 0 Å². The summed E-state index contributed by atoms with van der Waals surface area (Å²) in [6.07, 6.45) is 0. The summed E-state index contributed by atoms with van der Waals surface area (Å²) >= 11 is 0.0760. The maximum atomic E-state index is 10.7. The zero-order valence-corrected chi connectivity index (χ0v) is 14.7. The Morgan fingerprint density at radius 3 is 1.74 bits per heavy atom. The fraction of sp³-hybridized carbons (Fsp3) is 0.588. The van der Waals surface area contributed by atoms with E-state index in [-0.39, 0.29) is 15.0 Å². The third-order valence-electron chi connectivity index (χ3n) is 3.55. The first-order valence-electron chi connectivity index (χ1n) is 7.10. The second kappa shape index (κ2) is 7.26. The molecule has 0 spiro atoms. The molecule has 0 heterocycles. The second-order valence-corrected chi connectivity index (χ2v) is 7.76. The number of carbonyl (C=O) groups excluding carboxylic acids is 1. The van der Waals surface area contributed by atoms with Crippen molar-refractivity contribution in [3.63, 3.8) is 0 Å². The van der Waals surface area contributed by atoms with Crippen LogP contribution in [0.4, 0.5) is 0 Å². The molecular formula is C17H26OSe. The van der Waals surface area contributed by atoms with Crippen LogP contribution in [-0.4, -0.2) is 20.1 Å². The Morgan fingerprint density at radius 1 is 0.947 bits per heavy atom. The molecule has 1 nitrogen and oxygen atoms in total. The van der Waals surface area contributed by atoms with Crippen molar-refractivity contribution in [1.82, 2.24) is 0 Å². The van der Waals surface area contributed by atoms with Crippen molar-refractivity contribution in [3.8, 4) is 0 Å². The summed E-state index contributed by atoms with van der Waals surface area (Å²) < 4.78 is 0. The van der Waals surface area contributed by atoms with E-state index in [2.05, 4.69) is 53.7 Å². The van der Waals surface area contributed by atoms with Gasteiger partial charge in [-0.25, -0.2) is 0 Å². The van der Waals surface area contributed by atoms with Crippen LogP contribution in [0.3, 0.4) is 0 Å². The van der Waals surface area contributed by atoms with Crippen LogP contribution in [0.2, 0.25) is 0 Å². The number of benzene rings is 1. The molecule has 106 valence electrons. The Morgan fingerprint density at radius 2 is 1.42 bits per heavy atom. The van der Waals surface area contributed by atoms with Crippen molar-refractivity contribution >= 4 is 20.1 Å². The predicted molar refractivity (Wildman–Crippen MR) is 84.9 cm³/mol. The molecule has 0 bridgehead atoms. The van der Waals surface area contributed by atoms with Gasteiger partial charge in [-0.3, -0.25) is 0 Å². The summed E-state index contributed by atoms with van der Waals surface area (Å²) in [4.78, 5) is 10.7. The molecule has 0 aliphatic heterocycles. The van der Waals surface area contributed by atoms with E-state index < -0.39 is 0 Å².